The second-order valence-electron chi connectivity index (χ2n) is 5.28. The van der Waals surface area contributed by atoms with E-state index < -0.39 is 0 Å². The molecule has 0 aliphatic carbocycles. The van der Waals surface area contributed by atoms with Gasteiger partial charge in [0.05, 0.1) is 6.10 Å². The predicted molar refractivity (Wildman–Crippen MR) is 84.8 cm³/mol. The van der Waals surface area contributed by atoms with E-state index in [2.05, 4.69) is 59.9 Å². The Morgan fingerprint density at radius 3 is 2.35 bits per heavy atom. The van der Waals surface area contributed by atoms with E-state index in [4.69, 9.17) is 0 Å². The first-order valence-electron chi connectivity index (χ1n) is 7.04. The average Bonchev–Trinajstić information content (AvgIpc) is 2.47. The summed E-state index contributed by atoms with van der Waals surface area (Å²) < 4.78 is 0. The van der Waals surface area contributed by atoms with Gasteiger partial charge in [-0.3, -0.25) is 0 Å². The lowest BCUT2D eigenvalue weighted by Crippen LogP contribution is -2.23. The molecule has 0 spiro atoms. The molecule has 0 amide bonds. The summed E-state index contributed by atoms with van der Waals surface area (Å²) in [5, 5.41) is 17.8. The van der Waals surface area contributed by atoms with Crippen LogP contribution in [0.25, 0.3) is 21.5 Å². The minimum absolute atomic E-state index is 0.318. The van der Waals surface area contributed by atoms with E-state index in [1.54, 1.807) is 6.92 Å². The molecule has 0 aliphatic rings. The third-order valence-electron chi connectivity index (χ3n) is 3.61. The summed E-state index contributed by atoms with van der Waals surface area (Å²) in [5.41, 5.74) is 1.28. The molecule has 3 aromatic carbocycles. The third kappa shape index (κ3) is 2.53. The van der Waals surface area contributed by atoms with Gasteiger partial charge >= 0.3 is 0 Å². The Hall–Kier alpha value is -1.90. The maximum Gasteiger partial charge on any atom is 0.0636 e. The summed E-state index contributed by atoms with van der Waals surface area (Å²) in [6, 6.07) is 19.2. The molecule has 1 unspecified atom stereocenters. The van der Waals surface area contributed by atoms with Crippen LogP contribution in [-0.2, 0) is 6.54 Å². The zero-order valence-electron chi connectivity index (χ0n) is 11.6. The van der Waals surface area contributed by atoms with Crippen molar-refractivity contribution in [3.63, 3.8) is 0 Å². The van der Waals surface area contributed by atoms with Crippen molar-refractivity contribution in [3.8, 4) is 0 Å². The second-order valence-corrected chi connectivity index (χ2v) is 5.28. The topological polar surface area (TPSA) is 32.3 Å². The molecule has 0 aromatic heterocycles. The molecule has 0 saturated carbocycles. The summed E-state index contributed by atoms with van der Waals surface area (Å²) in [6.45, 7) is 3.18. The largest absolute Gasteiger partial charge is 0.392 e. The zero-order valence-corrected chi connectivity index (χ0v) is 11.6. The van der Waals surface area contributed by atoms with Crippen LogP contribution in [0.2, 0.25) is 0 Å². The first kappa shape index (κ1) is 13.1. The van der Waals surface area contributed by atoms with E-state index in [1.165, 1.54) is 27.1 Å². The first-order chi connectivity index (χ1) is 9.75. The number of aliphatic hydroxyl groups is 1. The van der Waals surface area contributed by atoms with E-state index >= 15 is 0 Å². The standard InChI is InChI=1S/C18H19NO/c1-13(20)11-19-12-15-10-14-6-2-3-7-16(14)18-9-5-4-8-17(15)18/h2-10,13,19-20H,11-12H2,1H3. The fraction of sp³-hybridized carbons (Fsp3) is 0.222. The zero-order chi connectivity index (χ0) is 13.9. The molecule has 0 bridgehead atoms. The van der Waals surface area contributed by atoms with Crippen LogP contribution in [-0.4, -0.2) is 17.8 Å². The lowest BCUT2D eigenvalue weighted by atomic mass is 9.97. The number of nitrogens with one attached hydrogen (secondary N) is 1. The smallest absolute Gasteiger partial charge is 0.0636 e. The Labute approximate surface area is 119 Å². The van der Waals surface area contributed by atoms with Crippen molar-refractivity contribution in [1.82, 2.24) is 5.32 Å². The van der Waals surface area contributed by atoms with Gasteiger partial charge < -0.3 is 10.4 Å². The third-order valence-corrected chi connectivity index (χ3v) is 3.61. The van der Waals surface area contributed by atoms with Crippen molar-refractivity contribution >= 4 is 21.5 Å². The molecule has 0 fully saturated rings. The van der Waals surface area contributed by atoms with Gasteiger partial charge in [0.15, 0.2) is 0 Å². The minimum atomic E-state index is -0.318. The number of fused-ring (bicyclic) bond motifs is 3. The van der Waals surface area contributed by atoms with Gasteiger partial charge in [0.2, 0.25) is 0 Å². The van der Waals surface area contributed by atoms with Gasteiger partial charge in [-0.25, -0.2) is 0 Å². The van der Waals surface area contributed by atoms with Gasteiger partial charge in [0.25, 0.3) is 0 Å². The fourth-order valence-corrected chi connectivity index (χ4v) is 2.69. The lowest BCUT2D eigenvalue weighted by Gasteiger charge is -2.12. The van der Waals surface area contributed by atoms with Crippen LogP contribution < -0.4 is 5.32 Å². The molecule has 2 heteroatoms. The molecule has 1 atom stereocenters. The van der Waals surface area contributed by atoms with E-state index in [1.807, 2.05) is 0 Å². The Morgan fingerprint density at radius 1 is 0.950 bits per heavy atom. The Balaban J connectivity index is 2.09. The lowest BCUT2D eigenvalue weighted by molar-refractivity contribution is 0.191. The molecular formula is C18H19NO. The van der Waals surface area contributed by atoms with Crippen molar-refractivity contribution in [1.29, 1.82) is 0 Å². The van der Waals surface area contributed by atoms with Crippen molar-refractivity contribution in [2.24, 2.45) is 0 Å². The van der Waals surface area contributed by atoms with Gasteiger partial charge in [-0.1, -0.05) is 48.5 Å². The quantitative estimate of drug-likeness (QED) is 0.708. The van der Waals surface area contributed by atoms with Crippen LogP contribution in [0.4, 0.5) is 0 Å². The highest BCUT2D eigenvalue weighted by Gasteiger charge is 2.06. The van der Waals surface area contributed by atoms with Crippen molar-refractivity contribution < 1.29 is 5.11 Å². The van der Waals surface area contributed by atoms with Crippen molar-refractivity contribution in [2.45, 2.75) is 19.6 Å². The Kier molecular flexibility index (Phi) is 3.68. The van der Waals surface area contributed by atoms with Gasteiger partial charge in [0.1, 0.15) is 0 Å². The summed E-state index contributed by atoms with van der Waals surface area (Å²) in [6.07, 6.45) is -0.318. The monoisotopic (exact) mass is 265 g/mol. The van der Waals surface area contributed by atoms with Crippen molar-refractivity contribution in [2.75, 3.05) is 6.54 Å². The molecule has 102 valence electrons. The van der Waals surface area contributed by atoms with E-state index in [0.29, 0.717) is 6.54 Å². The molecule has 3 aromatic rings. The number of benzene rings is 3. The average molecular weight is 265 g/mol. The first-order valence-corrected chi connectivity index (χ1v) is 7.04. The molecule has 3 rings (SSSR count). The van der Waals surface area contributed by atoms with Gasteiger partial charge in [-0.05, 0) is 40.1 Å². The molecule has 0 heterocycles. The molecule has 0 radical (unpaired) electrons. The highest BCUT2D eigenvalue weighted by Crippen LogP contribution is 2.28. The summed E-state index contributed by atoms with van der Waals surface area (Å²) in [7, 11) is 0. The van der Waals surface area contributed by atoms with Crippen LogP contribution in [0.1, 0.15) is 12.5 Å². The van der Waals surface area contributed by atoms with E-state index in [9.17, 15) is 5.11 Å². The maximum atomic E-state index is 9.35. The second kappa shape index (κ2) is 5.61. The summed E-state index contributed by atoms with van der Waals surface area (Å²) in [5.74, 6) is 0. The van der Waals surface area contributed by atoms with Crippen LogP contribution >= 0.6 is 0 Å². The van der Waals surface area contributed by atoms with Crippen LogP contribution in [0.15, 0.2) is 54.6 Å². The van der Waals surface area contributed by atoms with Gasteiger partial charge in [-0.2, -0.15) is 0 Å². The Bertz CT molecular complexity index is 734. The summed E-state index contributed by atoms with van der Waals surface area (Å²) >= 11 is 0. The highest BCUT2D eigenvalue weighted by atomic mass is 16.3. The maximum absolute atomic E-state index is 9.35. The predicted octanol–water partition coefficient (Wildman–Crippen LogP) is 3.46. The number of aliphatic hydroxyl groups excluding tert-OH is 1. The molecule has 2 nitrogen and oxygen atoms in total. The SMILES string of the molecule is CC(O)CNCc1cc2ccccc2c2ccccc12. The van der Waals surface area contributed by atoms with E-state index in [0.717, 1.165) is 6.54 Å². The molecule has 0 saturated heterocycles. The molecule has 2 N–H and O–H groups in total. The number of hydrogen-bond donors (Lipinski definition) is 2. The number of rotatable bonds is 4. The van der Waals surface area contributed by atoms with Crippen LogP contribution in [0.5, 0.6) is 0 Å². The van der Waals surface area contributed by atoms with Gasteiger partial charge in [0, 0.05) is 13.1 Å². The normalized spacial score (nSPS) is 12.9. The van der Waals surface area contributed by atoms with E-state index in [-0.39, 0.29) is 6.10 Å². The molecule has 0 aliphatic heterocycles. The van der Waals surface area contributed by atoms with Gasteiger partial charge in [-0.15, -0.1) is 0 Å². The minimum Gasteiger partial charge on any atom is -0.392 e. The van der Waals surface area contributed by atoms with Crippen LogP contribution in [0.3, 0.4) is 0 Å². The highest BCUT2D eigenvalue weighted by molar-refractivity contribution is 6.08. The number of hydrogen-bond acceptors (Lipinski definition) is 2. The molecular weight excluding hydrogens is 246 g/mol. The Morgan fingerprint density at radius 2 is 1.60 bits per heavy atom. The summed E-state index contributed by atoms with van der Waals surface area (Å²) in [4.78, 5) is 0. The molecule has 20 heavy (non-hydrogen) atoms. The van der Waals surface area contributed by atoms with Crippen molar-refractivity contribution in [3.05, 3.63) is 60.2 Å². The fourth-order valence-electron chi connectivity index (χ4n) is 2.69. The van der Waals surface area contributed by atoms with Crippen LogP contribution in [0, 0.1) is 0 Å².